The molecule has 0 bridgehead atoms. The molecule has 202 valence electrons. The molecule has 0 atom stereocenters. The van der Waals surface area contributed by atoms with Crippen LogP contribution in [-0.4, -0.2) is 0 Å². The zero-order valence-electron chi connectivity index (χ0n) is 23.2. The maximum absolute atomic E-state index is 6.46. The molecule has 7 aromatic carbocycles. The van der Waals surface area contributed by atoms with Crippen molar-refractivity contribution in [1.82, 2.24) is 0 Å². The van der Waals surface area contributed by atoms with E-state index in [-0.39, 0.29) is 0 Å². The van der Waals surface area contributed by atoms with Crippen molar-refractivity contribution in [3.8, 4) is 11.1 Å². The van der Waals surface area contributed by atoms with Crippen LogP contribution < -0.4 is 4.90 Å². The van der Waals surface area contributed by atoms with Crippen molar-refractivity contribution in [3.63, 3.8) is 0 Å². The maximum atomic E-state index is 6.46. The molecule has 0 fully saturated rings. The second-order valence-electron chi connectivity index (χ2n) is 10.9. The summed E-state index contributed by atoms with van der Waals surface area (Å²) >= 11 is 1.88. The van der Waals surface area contributed by atoms with Gasteiger partial charge in [-0.25, -0.2) is 0 Å². The molecule has 0 radical (unpaired) electrons. The topological polar surface area (TPSA) is 16.4 Å². The molecule has 0 aliphatic heterocycles. The molecule has 9 aromatic rings. The van der Waals surface area contributed by atoms with Gasteiger partial charge in [0.2, 0.25) is 0 Å². The molecule has 0 amide bonds. The SMILES string of the molecule is c1ccc(N(c2ccc(-c3ccc4sc5c6ccccc6ccc5c4c3)cc2)c2cccc3c2oc2ccccc23)cc1. The predicted molar refractivity (Wildman–Crippen MR) is 184 cm³/mol. The number of thiophene rings is 1. The number of fused-ring (bicyclic) bond motifs is 8. The lowest BCUT2D eigenvalue weighted by Crippen LogP contribution is -2.10. The summed E-state index contributed by atoms with van der Waals surface area (Å²) in [6, 6.07) is 54.1. The van der Waals surface area contributed by atoms with Gasteiger partial charge in [0, 0.05) is 42.3 Å². The molecule has 0 saturated heterocycles. The zero-order chi connectivity index (χ0) is 28.3. The van der Waals surface area contributed by atoms with Crippen LogP contribution in [0.5, 0.6) is 0 Å². The Morgan fingerprint density at radius 2 is 1.19 bits per heavy atom. The fraction of sp³-hybridized carbons (Fsp3) is 0. The van der Waals surface area contributed by atoms with E-state index in [2.05, 4.69) is 144 Å². The van der Waals surface area contributed by atoms with Crippen LogP contribution >= 0.6 is 11.3 Å². The number of hydrogen-bond acceptors (Lipinski definition) is 3. The van der Waals surface area contributed by atoms with E-state index in [9.17, 15) is 0 Å². The second-order valence-corrected chi connectivity index (χ2v) is 12.0. The molecule has 2 heterocycles. The Morgan fingerprint density at radius 1 is 0.465 bits per heavy atom. The van der Waals surface area contributed by atoms with Crippen molar-refractivity contribution < 1.29 is 4.42 Å². The number of nitrogens with zero attached hydrogens (tertiary/aromatic N) is 1. The fourth-order valence-corrected chi connectivity index (χ4v) is 7.62. The zero-order valence-corrected chi connectivity index (χ0v) is 24.0. The molecule has 2 aromatic heterocycles. The second kappa shape index (κ2) is 9.59. The Balaban J connectivity index is 1.16. The number of para-hydroxylation sites is 3. The van der Waals surface area contributed by atoms with Crippen molar-refractivity contribution in [2.75, 3.05) is 4.90 Å². The molecule has 0 aliphatic rings. The Hall–Kier alpha value is -5.38. The lowest BCUT2D eigenvalue weighted by Gasteiger charge is -2.25. The minimum Gasteiger partial charge on any atom is -0.454 e. The van der Waals surface area contributed by atoms with Gasteiger partial charge in [-0.2, -0.15) is 0 Å². The van der Waals surface area contributed by atoms with Crippen LogP contribution in [0.4, 0.5) is 17.1 Å². The van der Waals surface area contributed by atoms with Crippen molar-refractivity contribution in [3.05, 3.63) is 152 Å². The summed E-state index contributed by atoms with van der Waals surface area (Å²) < 4.78 is 9.14. The highest BCUT2D eigenvalue weighted by Gasteiger charge is 2.19. The summed E-state index contributed by atoms with van der Waals surface area (Å²) in [5.41, 5.74) is 7.39. The third-order valence-electron chi connectivity index (χ3n) is 8.46. The summed E-state index contributed by atoms with van der Waals surface area (Å²) in [5, 5.41) is 7.51. The van der Waals surface area contributed by atoms with Crippen molar-refractivity contribution in [1.29, 1.82) is 0 Å². The van der Waals surface area contributed by atoms with Crippen LogP contribution in [0.25, 0.3) is 64.0 Å². The molecular weight excluding hydrogens is 543 g/mol. The van der Waals surface area contributed by atoms with E-state index in [4.69, 9.17) is 4.42 Å². The number of furan rings is 1. The van der Waals surface area contributed by atoms with Gasteiger partial charge in [-0.1, -0.05) is 103 Å². The summed E-state index contributed by atoms with van der Waals surface area (Å²) in [7, 11) is 0. The summed E-state index contributed by atoms with van der Waals surface area (Å²) in [6.07, 6.45) is 0. The van der Waals surface area contributed by atoms with Gasteiger partial charge in [-0.05, 0) is 70.4 Å². The van der Waals surface area contributed by atoms with Gasteiger partial charge < -0.3 is 9.32 Å². The van der Waals surface area contributed by atoms with Crippen LogP contribution in [0, 0.1) is 0 Å². The van der Waals surface area contributed by atoms with Gasteiger partial charge in [0.15, 0.2) is 5.58 Å². The molecule has 0 N–H and O–H groups in total. The lowest BCUT2D eigenvalue weighted by molar-refractivity contribution is 0.669. The molecule has 0 spiro atoms. The van der Waals surface area contributed by atoms with Crippen LogP contribution in [0.1, 0.15) is 0 Å². The minimum atomic E-state index is 0.888. The monoisotopic (exact) mass is 567 g/mol. The first-order valence-electron chi connectivity index (χ1n) is 14.5. The van der Waals surface area contributed by atoms with Crippen LogP contribution in [-0.2, 0) is 0 Å². The quantitative estimate of drug-likeness (QED) is 0.210. The Kier molecular flexibility index (Phi) is 5.40. The van der Waals surface area contributed by atoms with Gasteiger partial charge in [0.05, 0.1) is 5.69 Å². The average Bonchev–Trinajstić information content (AvgIpc) is 3.65. The number of anilines is 3. The van der Waals surface area contributed by atoms with Gasteiger partial charge in [-0.3, -0.25) is 0 Å². The highest BCUT2D eigenvalue weighted by Crippen LogP contribution is 2.43. The molecule has 0 unspecified atom stereocenters. The molecular formula is C40H25NOS. The highest BCUT2D eigenvalue weighted by molar-refractivity contribution is 7.26. The average molecular weight is 568 g/mol. The first-order valence-corrected chi connectivity index (χ1v) is 15.3. The van der Waals surface area contributed by atoms with Gasteiger partial charge >= 0.3 is 0 Å². The first-order chi connectivity index (χ1) is 21.3. The van der Waals surface area contributed by atoms with Crippen LogP contribution in [0.15, 0.2) is 156 Å². The van der Waals surface area contributed by atoms with Crippen molar-refractivity contribution in [2.24, 2.45) is 0 Å². The summed E-state index contributed by atoms with van der Waals surface area (Å²) in [6.45, 7) is 0. The van der Waals surface area contributed by atoms with Gasteiger partial charge in [-0.15, -0.1) is 11.3 Å². The van der Waals surface area contributed by atoms with Gasteiger partial charge in [0.1, 0.15) is 5.58 Å². The Bertz CT molecular complexity index is 2450. The molecule has 43 heavy (non-hydrogen) atoms. The smallest absolute Gasteiger partial charge is 0.159 e. The van der Waals surface area contributed by atoms with Crippen molar-refractivity contribution >= 4 is 81.3 Å². The number of benzene rings is 7. The van der Waals surface area contributed by atoms with E-state index in [1.165, 1.54) is 42.1 Å². The summed E-state index contributed by atoms with van der Waals surface area (Å²) in [4.78, 5) is 2.29. The fourth-order valence-electron chi connectivity index (χ4n) is 6.40. The normalized spacial score (nSPS) is 11.7. The van der Waals surface area contributed by atoms with E-state index >= 15 is 0 Å². The van der Waals surface area contributed by atoms with E-state index in [1.807, 2.05) is 23.5 Å². The number of rotatable bonds is 4. The van der Waals surface area contributed by atoms with E-state index in [1.54, 1.807) is 0 Å². The minimum absolute atomic E-state index is 0.888. The first kappa shape index (κ1) is 24.2. The largest absolute Gasteiger partial charge is 0.454 e. The van der Waals surface area contributed by atoms with Gasteiger partial charge in [0.25, 0.3) is 0 Å². The Morgan fingerprint density at radius 3 is 2.07 bits per heavy atom. The van der Waals surface area contributed by atoms with Crippen LogP contribution in [0.3, 0.4) is 0 Å². The van der Waals surface area contributed by atoms with E-state index < -0.39 is 0 Å². The van der Waals surface area contributed by atoms with E-state index in [0.717, 1.165) is 39.0 Å². The van der Waals surface area contributed by atoms with E-state index in [0.29, 0.717) is 0 Å². The summed E-state index contributed by atoms with van der Waals surface area (Å²) in [5.74, 6) is 0. The molecule has 0 aliphatic carbocycles. The molecule has 3 heteroatoms. The third-order valence-corrected chi connectivity index (χ3v) is 9.68. The third kappa shape index (κ3) is 3.86. The molecule has 0 saturated carbocycles. The highest BCUT2D eigenvalue weighted by atomic mass is 32.1. The molecule has 2 nitrogen and oxygen atoms in total. The standard InChI is InChI=1S/C40H25NOS/c1-2-10-29(11-3-1)41(36-15-8-14-33-32-13-6-7-16-37(32)42-39(33)36)30-21-17-26(18-22-30)28-20-24-38-35(25-28)34-23-19-27-9-4-5-12-31(27)40(34)43-38/h1-25H. The maximum Gasteiger partial charge on any atom is 0.159 e. The van der Waals surface area contributed by atoms with Crippen LogP contribution in [0.2, 0.25) is 0 Å². The predicted octanol–water partition coefficient (Wildman–Crippen LogP) is 12.2. The number of hydrogen-bond donors (Lipinski definition) is 0. The van der Waals surface area contributed by atoms with Crippen molar-refractivity contribution in [2.45, 2.75) is 0 Å². The molecule has 9 rings (SSSR count). The Labute approximate surface area is 252 Å². The lowest BCUT2D eigenvalue weighted by atomic mass is 10.0.